The summed E-state index contributed by atoms with van der Waals surface area (Å²) in [5.74, 6) is -0.256. The van der Waals surface area contributed by atoms with Crippen molar-refractivity contribution in [3.8, 4) is 0 Å². The second kappa shape index (κ2) is 6.83. The number of aromatic nitrogens is 1. The minimum atomic E-state index is -0.519. The number of hydrogen-bond donors (Lipinski definition) is 1. The van der Waals surface area contributed by atoms with Crippen molar-refractivity contribution in [2.45, 2.75) is 59.0 Å². The van der Waals surface area contributed by atoms with E-state index < -0.39 is 5.60 Å². The van der Waals surface area contributed by atoms with Gasteiger partial charge in [0.15, 0.2) is 5.13 Å². The van der Waals surface area contributed by atoms with Crippen molar-refractivity contribution in [1.29, 1.82) is 0 Å². The normalized spacial score (nSPS) is 11.5. The molecular weight excluding hydrogens is 276 g/mol. The zero-order valence-electron chi connectivity index (χ0n) is 12.6. The summed E-state index contributed by atoms with van der Waals surface area (Å²) in [6.07, 6.45) is 0.178. The topological polar surface area (TPSA) is 68.3 Å². The van der Waals surface area contributed by atoms with Crippen LogP contribution in [0.5, 0.6) is 0 Å². The van der Waals surface area contributed by atoms with E-state index in [0.29, 0.717) is 11.0 Å². The molecule has 0 spiro atoms. The van der Waals surface area contributed by atoms with E-state index in [0.717, 1.165) is 5.69 Å². The number of ether oxygens (including phenoxy) is 1. The van der Waals surface area contributed by atoms with Gasteiger partial charge in [0.2, 0.25) is 5.91 Å². The van der Waals surface area contributed by atoms with Gasteiger partial charge >= 0.3 is 5.97 Å². The summed E-state index contributed by atoms with van der Waals surface area (Å²) in [6, 6.07) is 0. The van der Waals surface area contributed by atoms with E-state index in [9.17, 15) is 9.59 Å². The van der Waals surface area contributed by atoms with Crippen LogP contribution in [0.15, 0.2) is 5.38 Å². The quantitative estimate of drug-likeness (QED) is 0.847. The summed E-state index contributed by atoms with van der Waals surface area (Å²) in [4.78, 5) is 27.5. The standard InChI is InChI=1S/C14H22N2O3S/c1-9(2)10-8-20-13(15-10)16-11(17)6-7-12(18)19-14(3,4)5/h8-9H,6-7H2,1-5H3,(H,15,16,17). The second-order valence-electron chi connectivity index (χ2n) is 5.87. The van der Waals surface area contributed by atoms with Crippen molar-refractivity contribution in [3.05, 3.63) is 11.1 Å². The Morgan fingerprint density at radius 3 is 2.50 bits per heavy atom. The van der Waals surface area contributed by atoms with Crippen LogP contribution < -0.4 is 5.32 Å². The number of carbonyl (C=O) groups excluding carboxylic acids is 2. The zero-order chi connectivity index (χ0) is 15.3. The molecule has 1 amide bonds. The molecule has 0 aliphatic rings. The Bertz CT molecular complexity index is 475. The number of amides is 1. The Hall–Kier alpha value is -1.43. The highest BCUT2D eigenvalue weighted by atomic mass is 32.1. The number of esters is 1. The first-order valence-electron chi connectivity index (χ1n) is 6.64. The maximum atomic E-state index is 11.7. The largest absolute Gasteiger partial charge is 0.460 e. The molecule has 1 N–H and O–H groups in total. The van der Waals surface area contributed by atoms with Crippen LogP contribution >= 0.6 is 11.3 Å². The molecular formula is C14H22N2O3S. The van der Waals surface area contributed by atoms with Crippen LogP contribution in [0, 0.1) is 0 Å². The summed E-state index contributed by atoms with van der Waals surface area (Å²) in [5.41, 5.74) is 0.437. The predicted molar refractivity (Wildman–Crippen MR) is 79.9 cm³/mol. The van der Waals surface area contributed by atoms with E-state index in [1.807, 2.05) is 19.2 Å². The fourth-order valence-corrected chi connectivity index (χ4v) is 2.29. The van der Waals surface area contributed by atoms with E-state index in [-0.39, 0.29) is 24.7 Å². The van der Waals surface area contributed by atoms with Crippen LogP contribution in [0.1, 0.15) is 59.1 Å². The number of anilines is 1. The molecule has 0 aliphatic carbocycles. The Morgan fingerprint density at radius 1 is 1.35 bits per heavy atom. The summed E-state index contributed by atoms with van der Waals surface area (Å²) in [5, 5.41) is 5.19. The van der Waals surface area contributed by atoms with Gasteiger partial charge < -0.3 is 10.1 Å². The van der Waals surface area contributed by atoms with Gasteiger partial charge in [0, 0.05) is 11.8 Å². The monoisotopic (exact) mass is 298 g/mol. The Balaban J connectivity index is 2.38. The smallest absolute Gasteiger partial charge is 0.306 e. The summed E-state index contributed by atoms with van der Waals surface area (Å²) < 4.78 is 5.14. The minimum Gasteiger partial charge on any atom is -0.460 e. The zero-order valence-corrected chi connectivity index (χ0v) is 13.5. The minimum absolute atomic E-state index is 0.0749. The molecule has 5 nitrogen and oxygen atoms in total. The maximum Gasteiger partial charge on any atom is 0.306 e. The van der Waals surface area contributed by atoms with Gasteiger partial charge in [0.1, 0.15) is 5.60 Å². The lowest BCUT2D eigenvalue weighted by atomic mass is 10.2. The molecule has 0 aliphatic heterocycles. The highest BCUT2D eigenvalue weighted by Crippen LogP contribution is 2.21. The summed E-state index contributed by atoms with van der Waals surface area (Å²) in [7, 11) is 0. The number of carbonyl (C=O) groups is 2. The van der Waals surface area contributed by atoms with Gasteiger partial charge in [-0.2, -0.15) is 0 Å². The molecule has 6 heteroatoms. The molecule has 0 saturated heterocycles. The molecule has 1 aromatic rings. The first-order chi connectivity index (χ1) is 9.17. The van der Waals surface area contributed by atoms with E-state index in [1.165, 1.54) is 11.3 Å². The average molecular weight is 298 g/mol. The number of hydrogen-bond acceptors (Lipinski definition) is 5. The van der Waals surface area contributed by atoms with Crippen LogP contribution in [0.2, 0.25) is 0 Å². The van der Waals surface area contributed by atoms with Crippen molar-refractivity contribution >= 4 is 28.3 Å². The number of nitrogens with zero attached hydrogens (tertiary/aromatic N) is 1. The van der Waals surface area contributed by atoms with Gasteiger partial charge in [-0.05, 0) is 26.7 Å². The Labute approximate surface area is 123 Å². The molecule has 0 atom stereocenters. The van der Waals surface area contributed by atoms with Gasteiger partial charge in [-0.1, -0.05) is 13.8 Å². The highest BCUT2D eigenvalue weighted by Gasteiger charge is 2.17. The van der Waals surface area contributed by atoms with Crippen molar-refractivity contribution in [1.82, 2.24) is 4.98 Å². The van der Waals surface area contributed by atoms with Crippen LogP contribution in [-0.4, -0.2) is 22.5 Å². The van der Waals surface area contributed by atoms with Crippen molar-refractivity contribution in [2.24, 2.45) is 0 Å². The summed E-state index contributed by atoms with van der Waals surface area (Å²) >= 11 is 1.39. The second-order valence-corrected chi connectivity index (χ2v) is 6.72. The molecule has 0 unspecified atom stereocenters. The van der Waals surface area contributed by atoms with Gasteiger partial charge in [-0.15, -0.1) is 11.3 Å². The molecule has 1 aromatic heterocycles. The molecule has 0 aromatic carbocycles. The maximum absolute atomic E-state index is 11.7. The first-order valence-corrected chi connectivity index (χ1v) is 7.52. The number of nitrogens with one attached hydrogen (secondary N) is 1. The molecule has 0 saturated carbocycles. The van der Waals surface area contributed by atoms with E-state index in [4.69, 9.17) is 4.74 Å². The summed E-state index contributed by atoms with van der Waals surface area (Å²) in [6.45, 7) is 9.49. The predicted octanol–water partition coefficient (Wildman–Crippen LogP) is 3.33. The molecule has 20 heavy (non-hydrogen) atoms. The molecule has 0 bridgehead atoms. The van der Waals surface area contributed by atoms with Crippen molar-refractivity contribution < 1.29 is 14.3 Å². The SMILES string of the molecule is CC(C)c1csc(NC(=O)CCC(=O)OC(C)(C)C)n1. The van der Waals surface area contributed by atoms with Crippen LogP contribution in [0.3, 0.4) is 0 Å². The van der Waals surface area contributed by atoms with E-state index >= 15 is 0 Å². The van der Waals surface area contributed by atoms with Crippen molar-refractivity contribution in [2.75, 3.05) is 5.32 Å². The van der Waals surface area contributed by atoms with Gasteiger partial charge in [-0.25, -0.2) is 4.98 Å². The molecule has 0 fully saturated rings. The highest BCUT2D eigenvalue weighted by molar-refractivity contribution is 7.13. The third-order valence-corrected chi connectivity index (χ3v) is 3.11. The van der Waals surface area contributed by atoms with Gasteiger partial charge in [-0.3, -0.25) is 9.59 Å². The average Bonchev–Trinajstić information content (AvgIpc) is 2.72. The van der Waals surface area contributed by atoms with Gasteiger partial charge in [0.25, 0.3) is 0 Å². The van der Waals surface area contributed by atoms with Crippen molar-refractivity contribution in [3.63, 3.8) is 0 Å². The molecule has 1 heterocycles. The third-order valence-electron chi connectivity index (χ3n) is 2.34. The molecule has 1 rings (SSSR count). The third kappa shape index (κ3) is 6.14. The lowest BCUT2D eigenvalue weighted by Crippen LogP contribution is -2.24. The van der Waals surface area contributed by atoms with E-state index in [1.54, 1.807) is 20.8 Å². The van der Waals surface area contributed by atoms with Crippen LogP contribution in [-0.2, 0) is 14.3 Å². The lowest BCUT2D eigenvalue weighted by molar-refractivity contribution is -0.155. The van der Waals surface area contributed by atoms with Crippen LogP contribution in [0.25, 0.3) is 0 Å². The Morgan fingerprint density at radius 2 is 2.00 bits per heavy atom. The Kier molecular flexibility index (Phi) is 5.68. The lowest BCUT2D eigenvalue weighted by Gasteiger charge is -2.19. The van der Waals surface area contributed by atoms with Gasteiger partial charge in [0.05, 0.1) is 12.1 Å². The number of rotatable bonds is 5. The first kappa shape index (κ1) is 16.6. The van der Waals surface area contributed by atoms with Crippen LogP contribution in [0.4, 0.5) is 5.13 Å². The number of thiazole rings is 1. The molecule has 0 radical (unpaired) electrons. The van der Waals surface area contributed by atoms with E-state index in [2.05, 4.69) is 10.3 Å². The fourth-order valence-electron chi connectivity index (χ4n) is 1.40. The molecule has 112 valence electrons. The fraction of sp³-hybridized carbons (Fsp3) is 0.643.